The molecular formula is C6H7N3. The van der Waals surface area contributed by atoms with Crippen LogP contribution in [0.3, 0.4) is 0 Å². The van der Waals surface area contributed by atoms with Gasteiger partial charge >= 0.3 is 0 Å². The maximum Gasteiger partial charge on any atom is 0.107 e. The summed E-state index contributed by atoms with van der Waals surface area (Å²) >= 11 is 0. The second-order valence-corrected chi connectivity index (χ2v) is 1.62. The second-order valence-electron chi connectivity index (χ2n) is 1.62. The zero-order valence-electron chi connectivity index (χ0n) is 4.91. The van der Waals surface area contributed by atoms with Crippen molar-refractivity contribution >= 4 is 18.3 Å². The van der Waals surface area contributed by atoms with Crippen molar-refractivity contribution in [2.45, 2.75) is 6.42 Å². The molecule has 0 radical (unpaired) electrons. The van der Waals surface area contributed by atoms with Gasteiger partial charge in [-0.3, -0.25) is 10.4 Å². The van der Waals surface area contributed by atoms with Crippen molar-refractivity contribution in [2.75, 3.05) is 0 Å². The summed E-state index contributed by atoms with van der Waals surface area (Å²) in [6.45, 7) is 0. The quantitative estimate of drug-likeness (QED) is 0.398. The zero-order valence-corrected chi connectivity index (χ0v) is 4.91. The first kappa shape index (κ1) is 5.88. The molecule has 1 aliphatic rings. The van der Waals surface area contributed by atoms with Gasteiger partial charge in [0.1, 0.15) is 6.34 Å². The Morgan fingerprint density at radius 1 is 1.78 bits per heavy atom. The SMILES string of the molecule is N=CN=C1C=NC=CC1. The van der Waals surface area contributed by atoms with Crippen LogP contribution in [0.1, 0.15) is 6.42 Å². The first-order chi connectivity index (χ1) is 4.43. The fourth-order valence-electron chi connectivity index (χ4n) is 0.585. The molecule has 0 aromatic rings. The first-order valence-corrected chi connectivity index (χ1v) is 2.67. The van der Waals surface area contributed by atoms with Crippen molar-refractivity contribution in [1.29, 1.82) is 5.41 Å². The van der Waals surface area contributed by atoms with E-state index >= 15 is 0 Å². The highest BCUT2D eigenvalue weighted by Crippen LogP contribution is 1.92. The maximum atomic E-state index is 6.64. The summed E-state index contributed by atoms with van der Waals surface area (Å²) in [7, 11) is 0. The predicted octanol–water partition coefficient (Wildman–Crippen LogP) is 1.02. The van der Waals surface area contributed by atoms with Gasteiger partial charge in [-0.2, -0.15) is 0 Å². The molecule has 0 unspecified atom stereocenters. The van der Waals surface area contributed by atoms with Gasteiger partial charge in [0.2, 0.25) is 0 Å². The lowest BCUT2D eigenvalue weighted by Crippen LogP contribution is -2.00. The average molecular weight is 121 g/mol. The molecule has 1 rings (SSSR count). The molecule has 0 fully saturated rings. The second kappa shape index (κ2) is 2.91. The molecule has 1 heterocycles. The highest BCUT2D eigenvalue weighted by Gasteiger charge is 1.92. The van der Waals surface area contributed by atoms with E-state index in [9.17, 15) is 0 Å². The fraction of sp³-hybridized carbons (Fsp3) is 0.167. The number of nitrogens with one attached hydrogen (secondary N) is 1. The van der Waals surface area contributed by atoms with Crippen LogP contribution in [0.5, 0.6) is 0 Å². The average Bonchev–Trinajstić information content (AvgIpc) is 1.91. The van der Waals surface area contributed by atoms with Crippen molar-refractivity contribution in [3.8, 4) is 0 Å². The van der Waals surface area contributed by atoms with Crippen LogP contribution in [-0.4, -0.2) is 18.3 Å². The molecule has 0 aromatic carbocycles. The third-order valence-corrected chi connectivity index (χ3v) is 0.972. The van der Waals surface area contributed by atoms with Crippen LogP contribution in [0.25, 0.3) is 0 Å². The van der Waals surface area contributed by atoms with E-state index in [2.05, 4.69) is 9.98 Å². The van der Waals surface area contributed by atoms with Crippen molar-refractivity contribution in [3.05, 3.63) is 12.3 Å². The van der Waals surface area contributed by atoms with Crippen LogP contribution in [0.2, 0.25) is 0 Å². The Balaban J connectivity index is 2.65. The summed E-state index contributed by atoms with van der Waals surface area (Å²) in [6, 6.07) is 0. The van der Waals surface area contributed by atoms with Crippen molar-refractivity contribution in [1.82, 2.24) is 0 Å². The number of hydrogen-bond donors (Lipinski definition) is 1. The number of aliphatic imine (C=N–C) groups is 2. The topological polar surface area (TPSA) is 48.6 Å². The fourth-order valence-corrected chi connectivity index (χ4v) is 0.585. The van der Waals surface area contributed by atoms with E-state index in [1.54, 1.807) is 12.4 Å². The molecule has 3 nitrogen and oxygen atoms in total. The van der Waals surface area contributed by atoms with E-state index in [-0.39, 0.29) is 0 Å². The molecule has 0 atom stereocenters. The van der Waals surface area contributed by atoms with Crippen LogP contribution >= 0.6 is 0 Å². The predicted molar refractivity (Wildman–Crippen MR) is 38.5 cm³/mol. The molecule has 9 heavy (non-hydrogen) atoms. The number of nitrogens with zero attached hydrogens (tertiary/aromatic N) is 2. The Morgan fingerprint density at radius 3 is 3.22 bits per heavy atom. The van der Waals surface area contributed by atoms with Crippen LogP contribution < -0.4 is 0 Å². The van der Waals surface area contributed by atoms with Crippen molar-refractivity contribution in [2.24, 2.45) is 9.98 Å². The van der Waals surface area contributed by atoms with Crippen molar-refractivity contribution < 1.29 is 0 Å². The molecular weight excluding hydrogens is 114 g/mol. The third kappa shape index (κ3) is 1.60. The van der Waals surface area contributed by atoms with Crippen LogP contribution in [0.4, 0.5) is 0 Å². The Bertz CT molecular complexity index is 188. The Labute approximate surface area is 53.3 Å². The van der Waals surface area contributed by atoms with Gasteiger partial charge in [-0.25, -0.2) is 4.99 Å². The lowest BCUT2D eigenvalue weighted by molar-refractivity contribution is 1.39. The molecule has 0 spiro atoms. The van der Waals surface area contributed by atoms with Crippen molar-refractivity contribution in [3.63, 3.8) is 0 Å². The molecule has 1 aliphatic heterocycles. The van der Waals surface area contributed by atoms with E-state index in [4.69, 9.17) is 5.41 Å². The summed E-state index contributed by atoms with van der Waals surface area (Å²) < 4.78 is 0. The minimum absolute atomic E-state index is 0.791. The zero-order chi connectivity index (χ0) is 6.53. The molecule has 0 bridgehead atoms. The van der Waals surface area contributed by atoms with Gasteiger partial charge < -0.3 is 0 Å². The van der Waals surface area contributed by atoms with Crippen LogP contribution in [-0.2, 0) is 0 Å². The number of hydrogen-bond acceptors (Lipinski definition) is 2. The summed E-state index contributed by atoms with van der Waals surface area (Å²) in [4.78, 5) is 7.58. The van der Waals surface area contributed by atoms with E-state index in [0.29, 0.717) is 0 Å². The van der Waals surface area contributed by atoms with Gasteiger partial charge in [0.15, 0.2) is 0 Å². The van der Waals surface area contributed by atoms with E-state index in [0.717, 1.165) is 18.5 Å². The summed E-state index contributed by atoms with van der Waals surface area (Å²) in [6.07, 6.45) is 7.11. The van der Waals surface area contributed by atoms with Crippen LogP contribution in [0.15, 0.2) is 22.3 Å². The Morgan fingerprint density at radius 2 is 2.67 bits per heavy atom. The third-order valence-electron chi connectivity index (χ3n) is 0.972. The minimum atomic E-state index is 0.791. The number of rotatable bonds is 1. The molecule has 46 valence electrons. The molecule has 0 saturated carbocycles. The maximum absolute atomic E-state index is 6.64. The van der Waals surface area contributed by atoms with Crippen LogP contribution in [0, 0.1) is 5.41 Å². The molecule has 0 saturated heterocycles. The summed E-state index contributed by atoms with van der Waals surface area (Å²) in [5.74, 6) is 0. The monoisotopic (exact) mass is 121 g/mol. The highest BCUT2D eigenvalue weighted by atomic mass is 14.8. The lowest BCUT2D eigenvalue weighted by atomic mass is 10.2. The van der Waals surface area contributed by atoms with Gasteiger partial charge in [-0.1, -0.05) is 6.08 Å². The van der Waals surface area contributed by atoms with E-state index < -0.39 is 0 Å². The van der Waals surface area contributed by atoms with Gasteiger partial charge in [0.05, 0.1) is 5.71 Å². The standard InChI is InChI=1S/C6H7N3/c7-5-9-6-2-1-3-8-4-6/h1,3-5,7H,2H2. The van der Waals surface area contributed by atoms with Gasteiger partial charge in [0, 0.05) is 18.8 Å². The minimum Gasteiger partial charge on any atom is -0.290 e. The van der Waals surface area contributed by atoms with Gasteiger partial charge in [0.25, 0.3) is 0 Å². The molecule has 1 N–H and O–H groups in total. The molecule has 0 aromatic heterocycles. The van der Waals surface area contributed by atoms with E-state index in [1.165, 1.54) is 0 Å². The molecule has 3 heteroatoms. The largest absolute Gasteiger partial charge is 0.290 e. The Hall–Kier alpha value is -1.25. The normalized spacial score (nSPS) is 20.7. The van der Waals surface area contributed by atoms with Gasteiger partial charge in [-0.15, -0.1) is 0 Å². The summed E-state index contributed by atoms with van der Waals surface area (Å²) in [5.41, 5.74) is 0.840. The van der Waals surface area contributed by atoms with E-state index in [1.807, 2.05) is 6.08 Å². The lowest BCUT2D eigenvalue weighted by Gasteiger charge is -1.95. The Kier molecular flexibility index (Phi) is 1.90. The highest BCUT2D eigenvalue weighted by molar-refractivity contribution is 6.32. The first-order valence-electron chi connectivity index (χ1n) is 2.67. The molecule has 0 aliphatic carbocycles. The number of allylic oxidation sites excluding steroid dienone is 1. The van der Waals surface area contributed by atoms with Gasteiger partial charge in [-0.05, 0) is 0 Å². The summed E-state index contributed by atoms with van der Waals surface area (Å²) in [5, 5.41) is 6.64. The smallest absolute Gasteiger partial charge is 0.107 e. The molecule has 0 amide bonds.